The van der Waals surface area contributed by atoms with Crippen LogP contribution in [0.1, 0.15) is 39.0 Å². The first-order valence-corrected chi connectivity index (χ1v) is 7.95. The van der Waals surface area contributed by atoms with Gasteiger partial charge in [-0.05, 0) is 43.7 Å². The van der Waals surface area contributed by atoms with Crippen LogP contribution < -0.4 is 5.32 Å². The lowest BCUT2D eigenvalue weighted by Crippen LogP contribution is -2.50. The van der Waals surface area contributed by atoms with Crippen LogP contribution in [0, 0.1) is 5.92 Å². The van der Waals surface area contributed by atoms with E-state index in [2.05, 4.69) is 18.5 Å². The zero-order valence-corrected chi connectivity index (χ0v) is 11.6. The molecule has 1 N–H and O–H groups in total. The van der Waals surface area contributed by atoms with Gasteiger partial charge in [-0.1, -0.05) is 19.8 Å². The second-order valence-electron chi connectivity index (χ2n) is 4.89. The van der Waals surface area contributed by atoms with Crippen LogP contribution in [-0.2, 0) is 0 Å². The number of hydrogen-bond acceptors (Lipinski definition) is 2. The molecule has 1 rings (SSSR count). The van der Waals surface area contributed by atoms with Gasteiger partial charge in [0.25, 0.3) is 0 Å². The van der Waals surface area contributed by atoms with Crippen LogP contribution in [0.5, 0.6) is 0 Å². The molecule has 0 aliphatic heterocycles. The third kappa shape index (κ3) is 4.54. The Hall–Kier alpha value is 0.600. The average molecular weight is 250 g/mol. The van der Waals surface area contributed by atoms with E-state index in [-0.39, 0.29) is 5.54 Å². The van der Waals surface area contributed by atoms with Gasteiger partial charge in [0, 0.05) is 11.4 Å². The molecule has 0 radical (unpaired) electrons. The van der Waals surface area contributed by atoms with Gasteiger partial charge in [-0.15, -0.1) is 11.6 Å². The molecule has 0 aromatic carbocycles. The first-order valence-electron chi connectivity index (χ1n) is 6.02. The van der Waals surface area contributed by atoms with Crippen LogP contribution in [-0.4, -0.2) is 30.0 Å². The van der Waals surface area contributed by atoms with E-state index in [0.717, 1.165) is 18.3 Å². The summed E-state index contributed by atoms with van der Waals surface area (Å²) in [5.41, 5.74) is 0.248. The Morgan fingerprint density at radius 1 is 1.53 bits per heavy atom. The molecule has 2 atom stereocenters. The van der Waals surface area contributed by atoms with E-state index in [9.17, 15) is 0 Å². The maximum Gasteiger partial charge on any atom is 0.0406 e. The highest BCUT2D eigenvalue weighted by Crippen LogP contribution is 2.33. The quantitative estimate of drug-likeness (QED) is 0.571. The van der Waals surface area contributed by atoms with Gasteiger partial charge >= 0.3 is 0 Å². The molecule has 90 valence electrons. The zero-order chi connectivity index (χ0) is 11.1. The van der Waals surface area contributed by atoms with E-state index in [1.54, 1.807) is 0 Å². The monoisotopic (exact) mass is 249 g/mol. The van der Waals surface area contributed by atoms with Gasteiger partial charge in [-0.3, -0.25) is 0 Å². The van der Waals surface area contributed by atoms with E-state index >= 15 is 0 Å². The van der Waals surface area contributed by atoms with Crippen molar-refractivity contribution < 1.29 is 0 Å². The van der Waals surface area contributed by atoms with E-state index in [0.29, 0.717) is 0 Å². The van der Waals surface area contributed by atoms with Gasteiger partial charge in [-0.25, -0.2) is 0 Å². The Kier molecular flexibility index (Phi) is 6.40. The molecule has 0 saturated heterocycles. The molecule has 0 amide bonds. The molecule has 2 unspecified atom stereocenters. The number of nitrogens with one attached hydrogen (secondary N) is 1. The number of halogens is 1. The molecule has 0 aromatic heterocycles. The van der Waals surface area contributed by atoms with Crippen molar-refractivity contribution in [1.82, 2.24) is 5.32 Å². The molecule has 1 nitrogen and oxygen atoms in total. The molecular weight excluding hydrogens is 226 g/mol. The van der Waals surface area contributed by atoms with E-state index in [4.69, 9.17) is 11.6 Å². The van der Waals surface area contributed by atoms with E-state index in [1.807, 2.05) is 11.8 Å². The fraction of sp³-hybridized carbons (Fsp3) is 1.00. The summed E-state index contributed by atoms with van der Waals surface area (Å²) in [6, 6.07) is 0. The van der Waals surface area contributed by atoms with Crippen molar-refractivity contribution in [1.29, 1.82) is 0 Å². The maximum atomic E-state index is 6.15. The van der Waals surface area contributed by atoms with Gasteiger partial charge in [0.1, 0.15) is 0 Å². The van der Waals surface area contributed by atoms with Crippen molar-refractivity contribution in [2.24, 2.45) is 5.92 Å². The molecule has 0 aromatic rings. The molecule has 0 spiro atoms. The molecule has 1 saturated carbocycles. The van der Waals surface area contributed by atoms with Crippen LogP contribution in [0.15, 0.2) is 0 Å². The number of rotatable bonds is 6. The van der Waals surface area contributed by atoms with Crippen LogP contribution in [0.3, 0.4) is 0 Å². The summed E-state index contributed by atoms with van der Waals surface area (Å²) in [5, 5.41) is 3.70. The fourth-order valence-corrected chi connectivity index (χ4v) is 3.33. The minimum absolute atomic E-state index is 0.248. The molecule has 0 heterocycles. The molecule has 0 bridgehead atoms. The number of hydrogen-bond donors (Lipinski definition) is 1. The Labute approximate surface area is 104 Å². The van der Waals surface area contributed by atoms with Crippen LogP contribution in [0.4, 0.5) is 0 Å². The number of alkyl halides is 1. The normalized spacial score (nSPS) is 31.8. The molecule has 1 aliphatic carbocycles. The lowest BCUT2D eigenvalue weighted by molar-refractivity contribution is 0.210. The molecule has 1 aliphatic rings. The van der Waals surface area contributed by atoms with E-state index in [1.165, 1.54) is 37.9 Å². The topological polar surface area (TPSA) is 12.0 Å². The largest absolute Gasteiger partial charge is 0.310 e. The average Bonchev–Trinajstić information content (AvgIpc) is 2.25. The predicted molar refractivity (Wildman–Crippen MR) is 72.1 cm³/mol. The highest BCUT2D eigenvalue weighted by molar-refractivity contribution is 7.98. The van der Waals surface area contributed by atoms with Crippen LogP contribution >= 0.6 is 23.4 Å². The Morgan fingerprint density at radius 3 is 2.93 bits per heavy atom. The van der Waals surface area contributed by atoms with Crippen molar-refractivity contribution >= 4 is 23.4 Å². The molecule has 15 heavy (non-hydrogen) atoms. The molecular formula is C12H24ClNS. The smallest absolute Gasteiger partial charge is 0.0406 e. The van der Waals surface area contributed by atoms with E-state index < -0.39 is 0 Å². The number of thioether (sulfide) groups is 1. The lowest BCUT2D eigenvalue weighted by atomic mass is 9.77. The van der Waals surface area contributed by atoms with Gasteiger partial charge in [0.05, 0.1) is 0 Å². The lowest BCUT2D eigenvalue weighted by Gasteiger charge is -2.39. The van der Waals surface area contributed by atoms with Crippen molar-refractivity contribution in [2.45, 2.75) is 44.6 Å². The first kappa shape index (κ1) is 13.7. The second kappa shape index (κ2) is 7.03. The van der Waals surface area contributed by atoms with Crippen molar-refractivity contribution in [3.8, 4) is 0 Å². The standard InChI is InChI=1S/C12H24ClNS/c1-11-5-3-6-12(9-11,10-13)14-7-4-8-15-2/h11,14H,3-10H2,1-2H3. The van der Waals surface area contributed by atoms with Crippen LogP contribution in [0.2, 0.25) is 0 Å². The molecule has 3 heteroatoms. The van der Waals surface area contributed by atoms with Gasteiger partial charge in [-0.2, -0.15) is 11.8 Å². The third-order valence-corrected chi connectivity index (χ3v) is 4.58. The van der Waals surface area contributed by atoms with Crippen molar-refractivity contribution in [3.05, 3.63) is 0 Å². The Balaban J connectivity index is 2.31. The zero-order valence-electron chi connectivity index (χ0n) is 10.0. The second-order valence-corrected chi connectivity index (χ2v) is 6.14. The van der Waals surface area contributed by atoms with Gasteiger partial charge in [0.15, 0.2) is 0 Å². The summed E-state index contributed by atoms with van der Waals surface area (Å²) < 4.78 is 0. The van der Waals surface area contributed by atoms with Crippen molar-refractivity contribution in [2.75, 3.05) is 24.4 Å². The Bertz CT molecular complexity index is 177. The first-order chi connectivity index (χ1) is 7.22. The highest BCUT2D eigenvalue weighted by atomic mass is 35.5. The Morgan fingerprint density at radius 2 is 2.33 bits per heavy atom. The minimum Gasteiger partial charge on any atom is -0.310 e. The molecule has 1 fully saturated rings. The summed E-state index contributed by atoms with van der Waals surface area (Å²) in [6.45, 7) is 3.48. The van der Waals surface area contributed by atoms with Crippen molar-refractivity contribution in [3.63, 3.8) is 0 Å². The summed E-state index contributed by atoms with van der Waals surface area (Å²) in [6.07, 6.45) is 8.67. The van der Waals surface area contributed by atoms with Gasteiger partial charge < -0.3 is 5.32 Å². The SMILES string of the molecule is CSCCCNC1(CCl)CCCC(C)C1. The fourth-order valence-electron chi connectivity index (χ4n) is 2.56. The van der Waals surface area contributed by atoms with Gasteiger partial charge in [0.2, 0.25) is 0 Å². The third-order valence-electron chi connectivity index (χ3n) is 3.37. The minimum atomic E-state index is 0.248. The summed E-state index contributed by atoms with van der Waals surface area (Å²) in [7, 11) is 0. The summed E-state index contributed by atoms with van der Waals surface area (Å²) in [5.74, 6) is 2.86. The highest BCUT2D eigenvalue weighted by Gasteiger charge is 2.33. The maximum absolute atomic E-state index is 6.15. The predicted octanol–water partition coefficient (Wildman–Crippen LogP) is 3.52. The van der Waals surface area contributed by atoms with Crippen LogP contribution in [0.25, 0.3) is 0 Å². The summed E-state index contributed by atoms with van der Waals surface area (Å²) in [4.78, 5) is 0. The summed E-state index contributed by atoms with van der Waals surface area (Å²) >= 11 is 8.07.